The number of piperidine rings is 1. The molecule has 0 unspecified atom stereocenters. The molecule has 1 saturated heterocycles. The number of carbonyl (C=O) groups is 1. The van der Waals surface area contributed by atoms with Gasteiger partial charge in [0.05, 0.1) is 0 Å². The summed E-state index contributed by atoms with van der Waals surface area (Å²) >= 11 is 3.50. The van der Waals surface area contributed by atoms with E-state index in [1.807, 2.05) is 20.2 Å². The van der Waals surface area contributed by atoms with Crippen LogP contribution in [0, 0.1) is 5.92 Å². The number of rotatable bonds is 2. The van der Waals surface area contributed by atoms with E-state index in [1.54, 1.807) is 4.90 Å². The van der Waals surface area contributed by atoms with Crippen molar-refractivity contribution < 1.29 is 4.79 Å². The van der Waals surface area contributed by atoms with Gasteiger partial charge in [0.15, 0.2) is 0 Å². The monoisotopic (exact) mass is 310 g/mol. The highest BCUT2D eigenvalue weighted by atomic mass is 79.9. The Labute approximate surface area is 117 Å². The predicted octanol–water partition coefficient (Wildman–Crippen LogP) is 2.75. The highest BCUT2D eigenvalue weighted by Crippen LogP contribution is 2.26. The zero-order valence-electron chi connectivity index (χ0n) is 10.9. The van der Waals surface area contributed by atoms with Gasteiger partial charge in [0, 0.05) is 43.3 Å². The van der Waals surface area contributed by atoms with Crippen LogP contribution in [0.15, 0.2) is 28.7 Å². The largest absolute Gasteiger partial charge is 0.371 e. The Kier molecular flexibility index (Phi) is 4.27. The van der Waals surface area contributed by atoms with Crippen LogP contribution < -0.4 is 4.90 Å². The molecular weight excluding hydrogens is 292 g/mol. The molecule has 2 rings (SSSR count). The van der Waals surface area contributed by atoms with Crippen LogP contribution in [0.3, 0.4) is 0 Å². The van der Waals surface area contributed by atoms with Crippen molar-refractivity contribution in [2.45, 2.75) is 12.8 Å². The SMILES string of the molecule is CN(C)C(=O)C1CCN(c2cccc(Br)c2)CC1. The molecule has 0 spiro atoms. The molecule has 0 bridgehead atoms. The van der Waals surface area contributed by atoms with Gasteiger partial charge >= 0.3 is 0 Å². The van der Waals surface area contributed by atoms with Crippen LogP contribution >= 0.6 is 15.9 Å². The van der Waals surface area contributed by atoms with Gasteiger partial charge in [0.25, 0.3) is 0 Å². The third kappa shape index (κ3) is 3.05. The third-order valence-corrected chi connectivity index (χ3v) is 3.95. The van der Waals surface area contributed by atoms with Gasteiger partial charge in [-0.2, -0.15) is 0 Å². The van der Waals surface area contributed by atoms with Gasteiger partial charge in [-0.1, -0.05) is 22.0 Å². The summed E-state index contributed by atoms with van der Waals surface area (Å²) in [6.45, 7) is 1.92. The summed E-state index contributed by atoms with van der Waals surface area (Å²) < 4.78 is 1.10. The number of carbonyl (C=O) groups excluding carboxylic acids is 1. The van der Waals surface area contributed by atoms with Crippen LogP contribution in [-0.2, 0) is 4.79 Å². The van der Waals surface area contributed by atoms with E-state index >= 15 is 0 Å². The fraction of sp³-hybridized carbons (Fsp3) is 0.500. The van der Waals surface area contributed by atoms with Gasteiger partial charge in [-0.3, -0.25) is 4.79 Å². The Morgan fingerprint density at radius 3 is 2.56 bits per heavy atom. The van der Waals surface area contributed by atoms with Gasteiger partial charge in [-0.25, -0.2) is 0 Å². The molecule has 1 heterocycles. The van der Waals surface area contributed by atoms with E-state index in [-0.39, 0.29) is 11.8 Å². The van der Waals surface area contributed by atoms with Crippen molar-refractivity contribution in [2.24, 2.45) is 5.92 Å². The minimum absolute atomic E-state index is 0.198. The van der Waals surface area contributed by atoms with Crippen LogP contribution in [0.4, 0.5) is 5.69 Å². The van der Waals surface area contributed by atoms with Gasteiger partial charge < -0.3 is 9.80 Å². The highest BCUT2D eigenvalue weighted by Gasteiger charge is 2.26. The average Bonchev–Trinajstić information content (AvgIpc) is 2.38. The number of hydrogen-bond donors (Lipinski definition) is 0. The molecule has 0 radical (unpaired) electrons. The minimum atomic E-state index is 0.198. The Bertz CT molecular complexity index is 426. The number of hydrogen-bond acceptors (Lipinski definition) is 2. The van der Waals surface area contributed by atoms with Crippen LogP contribution in [0.25, 0.3) is 0 Å². The highest BCUT2D eigenvalue weighted by molar-refractivity contribution is 9.10. The topological polar surface area (TPSA) is 23.6 Å². The zero-order valence-corrected chi connectivity index (χ0v) is 12.5. The molecule has 1 fully saturated rings. The fourth-order valence-corrected chi connectivity index (χ4v) is 2.81. The molecule has 1 aliphatic heterocycles. The lowest BCUT2D eigenvalue weighted by molar-refractivity contribution is -0.133. The zero-order chi connectivity index (χ0) is 13.1. The van der Waals surface area contributed by atoms with E-state index in [2.05, 4.69) is 39.0 Å². The van der Waals surface area contributed by atoms with Crippen molar-refractivity contribution >= 4 is 27.5 Å². The van der Waals surface area contributed by atoms with E-state index in [4.69, 9.17) is 0 Å². The lowest BCUT2D eigenvalue weighted by Gasteiger charge is -2.34. The smallest absolute Gasteiger partial charge is 0.225 e. The predicted molar refractivity (Wildman–Crippen MR) is 77.8 cm³/mol. The number of halogens is 1. The Hall–Kier alpha value is -1.03. The molecule has 1 aliphatic rings. The fourth-order valence-electron chi connectivity index (χ4n) is 2.42. The standard InChI is InChI=1S/C14H19BrN2O/c1-16(2)14(18)11-6-8-17(9-7-11)13-5-3-4-12(15)10-13/h3-5,10-11H,6-9H2,1-2H3. The van der Waals surface area contributed by atoms with Gasteiger partial charge in [0.1, 0.15) is 0 Å². The maximum atomic E-state index is 11.9. The summed E-state index contributed by atoms with van der Waals surface area (Å²) in [5, 5.41) is 0. The Morgan fingerprint density at radius 2 is 2.00 bits per heavy atom. The van der Waals surface area contributed by atoms with Crippen molar-refractivity contribution in [1.29, 1.82) is 0 Å². The van der Waals surface area contributed by atoms with E-state index in [1.165, 1.54) is 5.69 Å². The Morgan fingerprint density at radius 1 is 1.33 bits per heavy atom. The summed E-state index contributed by atoms with van der Waals surface area (Å²) in [6.07, 6.45) is 1.90. The van der Waals surface area contributed by atoms with Gasteiger partial charge in [-0.15, -0.1) is 0 Å². The molecule has 98 valence electrons. The molecule has 0 atom stereocenters. The summed E-state index contributed by atoms with van der Waals surface area (Å²) in [7, 11) is 3.67. The number of amides is 1. The van der Waals surface area contributed by atoms with E-state index in [9.17, 15) is 4.79 Å². The van der Waals surface area contributed by atoms with Gasteiger partial charge in [0.2, 0.25) is 5.91 Å². The van der Waals surface area contributed by atoms with Crippen LogP contribution in [0.2, 0.25) is 0 Å². The molecule has 18 heavy (non-hydrogen) atoms. The second-order valence-electron chi connectivity index (χ2n) is 4.97. The van der Waals surface area contributed by atoms with Crippen molar-refractivity contribution in [2.75, 3.05) is 32.1 Å². The molecule has 4 heteroatoms. The summed E-state index contributed by atoms with van der Waals surface area (Å²) in [4.78, 5) is 16.0. The van der Waals surface area contributed by atoms with Crippen molar-refractivity contribution in [1.82, 2.24) is 4.90 Å². The lowest BCUT2D eigenvalue weighted by Crippen LogP contribution is -2.40. The molecule has 0 aromatic heterocycles. The number of anilines is 1. The molecule has 3 nitrogen and oxygen atoms in total. The normalized spacial score (nSPS) is 16.7. The number of nitrogens with zero attached hydrogens (tertiary/aromatic N) is 2. The summed E-state index contributed by atoms with van der Waals surface area (Å²) in [6, 6.07) is 8.34. The van der Waals surface area contributed by atoms with Crippen LogP contribution in [0.1, 0.15) is 12.8 Å². The maximum Gasteiger partial charge on any atom is 0.225 e. The first-order chi connectivity index (χ1) is 8.58. The molecule has 0 saturated carbocycles. The molecule has 0 aliphatic carbocycles. The first-order valence-corrected chi connectivity index (χ1v) is 7.09. The molecule has 1 aromatic rings. The van der Waals surface area contributed by atoms with E-state index in [0.29, 0.717) is 0 Å². The first kappa shape index (κ1) is 13.4. The van der Waals surface area contributed by atoms with E-state index in [0.717, 1.165) is 30.4 Å². The van der Waals surface area contributed by atoms with Crippen LogP contribution in [-0.4, -0.2) is 38.0 Å². The average molecular weight is 311 g/mol. The molecular formula is C14H19BrN2O. The van der Waals surface area contributed by atoms with Crippen molar-refractivity contribution in [3.8, 4) is 0 Å². The lowest BCUT2D eigenvalue weighted by atomic mass is 9.95. The second-order valence-corrected chi connectivity index (χ2v) is 5.89. The van der Waals surface area contributed by atoms with Gasteiger partial charge in [-0.05, 0) is 31.0 Å². The minimum Gasteiger partial charge on any atom is -0.371 e. The first-order valence-electron chi connectivity index (χ1n) is 6.29. The van der Waals surface area contributed by atoms with E-state index < -0.39 is 0 Å². The maximum absolute atomic E-state index is 11.9. The van der Waals surface area contributed by atoms with Crippen LogP contribution in [0.5, 0.6) is 0 Å². The summed E-state index contributed by atoms with van der Waals surface area (Å²) in [5.41, 5.74) is 1.24. The van der Waals surface area contributed by atoms with Crippen molar-refractivity contribution in [3.05, 3.63) is 28.7 Å². The second kappa shape index (κ2) is 5.74. The molecule has 0 N–H and O–H groups in total. The molecule has 1 amide bonds. The third-order valence-electron chi connectivity index (χ3n) is 3.46. The van der Waals surface area contributed by atoms with Crippen molar-refractivity contribution in [3.63, 3.8) is 0 Å². The quantitative estimate of drug-likeness (QED) is 0.838. The number of benzene rings is 1. The Balaban J connectivity index is 1.96. The summed E-state index contributed by atoms with van der Waals surface area (Å²) in [5.74, 6) is 0.465. The molecule has 1 aromatic carbocycles.